The molecule has 3 aliphatic rings. The van der Waals surface area contributed by atoms with Crippen molar-refractivity contribution >= 4 is 25.6 Å². The predicted molar refractivity (Wildman–Crippen MR) is 121 cm³/mol. The highest BCUT2D eigenvalue weighted by atomic mass is 28.3. The third kappa shape index (κ3) is 4.02. The molecule has 0 radical (unpaired) electrons. The molecule has 3 heterocycles. The van der Waals surface area contributed by atoms with Crippen molar-refractivity contribution in [1.29, 1.82) is 0 Å². The number of hydrogen-bond donors (Lipinski definition) is 0. The van der Waals surface area contributed by atoms with Crippen LogP contribution in [0.15, 0.2) is 24.3 Å². The highest BCUT2D eigenvalue weighted by molar-refractivity contribution is 6.83. The number of nitro groups is 1. The van der Waals surface area contributed by atoms with Gasteiger partial charge in [0.25, 0.3) is 5.69 Å². The first-order chi connectivity index (χ1) is 15.5. The summed E-state index contributed by atoms with van der Waals surface area (Å²) in [6.45, 7) is 7.97. The summed E-state index contributed by atoms with van der Waals surface area (Å²) in [5, 5.41) is 11.9. The van der Waals surface area contributed by atoms with Crippen molar-refractivity contribution in [3.8, 4) is 23.0 Å². The van der Waals surface area contributed by atoms with Gasteiger partial charge in [-0.1, -0.05) is 37.7 Å². The number of likely N-dealkylation sites (tertiary alicyclic amines) is 1. The van der Waals surface area contributed by atoms with Crippen LogP contribution in [0, 0.1) is 33.4 Å². The van der Waals surface area contributed by atoms with Gasteiger partial charge in [-0.05, 0) is 13.0 Å². The van der Waals surface area contributed by atoms with E-state index in [-0.39, 0.29) is 41.2 Å². The molecule has 1 aromatic carbocycles. The molecule has 10 heteroatoms. The van der Waals surface area contributed by atoms with E-state index >= 15 is 0 Å². The van der Waals surface area contributed by atoms with Crippen LogP contribution in [0.2, 0.25) is 19.6 Å². The van der Waals surface area contributed by atoms with Gasteiger partial charge in [0, 0.05) is 0 Å². The van der Waals surface area contributed by atoms with E-state index in [1.54, 1.807) is 19.1 Å². The van der Waals surface area contributed by atoms with Crippen molar-refractivity contribution in [2.45, 2.75) is 44.8 Å². The monoisotopic (exact) mass is 470 g/mol. The molecule has 0 aliphatic carbocycles. The summed E-state index contributed by atoms with van der Waals surface area (Å²) in [6, 6.07) is 1.87. The third-order valence-electron chi connectivity index (χ3n) is 6.05. The van der Waals surface area contributed by atoms with Crippen LogP contribution in [0.25, 0.3) is 0 Å². The van der Waals surface area contributed by atoms with Crippen LogP contribution in [0.1, 0.15) is 18.5 Å². The standard InChI is InChI=1S/C23H26N2O7Si/c1-13(24-22(26)20-16-7-8-17(32-16)21(20)23(24)27)14-11-18(30-2)19(12-15(14)25(28)29)31-9-6-10-33(3,4)5/h7-8,11-13,16-17,20-21H,9H2,1-5H3. The molecule has 5 atom stereocenters. The number of benzene rings is 1. The molecule has 174 valence electrons. The minimum atomic E-state index is -1.58. The number of carbonyl (C=O) groups is 2. The Balaban J connectivity index is 1.64. The molecule has 33 heavy (non-hydrogen) atoms. The number of nitrogens with zero attached hydrogens (tertiary/aromatic N) is 2. The predicted octanol–water partition coefficient (Wildman–Crippen LogP) is 2.86. The number of amides is 2. The summed E-state index contributed by atoms with van der Waals surface area (Å²) in [5.41, 5.74) is 3.10. The Morgan fingerprint density at radius 2 is 1.76 bits per heavy atom. The zero-order chi connectivity index (χ0) is 24.1. The summed E-state index contributed by atoms with van der Waals surface area (Å²) in [4.78, 5) is 38.7. The van der Waals surface area contributed by atoms with Crippen molar-refractivity contribution in [3.05, 3.63) is 40.0 Å². The van der Waals surface area contributed by atoms with Crippen molar-refractivity contribution in [2.24, 2.45) is 11.8 Å². The Morgan fingerprint density at radius 3 is 2.27 bits per heavy atom. The van der Waals surface area contributed by atoms with Crippen molar-refractivity contribution in [2.75, 3.05) is 13.7 Å². The van der Waals surface area contributed by atoms with E-state index in [2.05, 4.69) is 31.1 Å². The Labute approximate surface area is 192 Å². The number of nitro benzene ring substituents is 1. The molecule has 2 saturated heterocycles. The highest BCUT2D eigenvalue weighted by Crippen LogP contribution is 2.48. The van der Waals surface area contributed by atoms with E-state index in [9.17, 15) is 19.7 Å². The SMILES string of the molecule is COc1cc(C(C)N2C(=O)C3C4C=CC(O4)C3C2=O)c([N+](=O)[O-])cc1OCC#C[Si](C)(C)C. The molecule has 0 saturated carbocycles. The zero-order valence-corrected chi connectivity index (χ0v) is 20.2. The van der Waals surface area contributed by atoms with Crippen LogP contribution in [0.5, 0.6) is 11.5 Å². The normalized spacial score (nSPS) is 26.2. The van der Waals surface area contributed by atoms with Crippen LogP contribution in [-0.2, 0) is 14.3 Å². The van der Waals surface area contributed by atoms with Crippen LogP contribution < -0.4 is 9.47 Å². The van der Waals surface area contributed by atoms with E-state index in [0.717, 1.165) is 4.90 Å². The second kappa shape index (κ2) is 8.32. The summed E-state index contributed by atoms with van der Waals surface area (Å²) in [7, 11) is -0.153. The first-order valence-corrected chi connectivity index (χ1v) is 14.2. The smallest absolute Gasteiger partial charge is 0.278 e. The average molecular weight is 471 g/mol. The number of rotatable bonds is 6. The second-order valence-electron chi connectivity index (χ2n) is 9.38. The minimum Gasteiger partial charge on any atom is -0.493 e. The Hall–Kier alpha value is -3.16. The lowest BCUT2D eigenvalue weighted by atomic mass is 9.85. The molecule has 0 N–H and O–H groups in total. The fourth-order valence-corrected chi connectivity index (χ4v) is 5.20. The lowest BCUT2D eigenvalue weighted by Gasteiger charge is -2.25. The number of carbonyl (C=O) groups excluding carboxylic acids is 2. The summed E-state index contributed by atoms with van der Waals surface area (Å²) in [6.07, 6.45) is 2.75. The Kier molecular flexibility index (Phi) is 5.80. The number of imide groups is 1. The maximum absolute atomic E-state index is 13.1. The maximum atomic E-state index is 13.1. The molecule has 2 bridgehead atoms. The van der Waals surface area contributed by atoms with Gasteiger partial charge in [0.15, 0.2) is 11.5 Å². The van der Waals surface area contributed by atoms with Crippen molar-refractivity contribution < 1.29 is 28.7 Å². The van der Waals surface area contributed by atoms with Gasteiger partial charge in [0.05, 0.1) is 53.7 Å². The highest BCUT2D eigenvalue weighted by Gasteiger charge is 2.61. The number of methoxy groups -OCH3 is 1. The van der Waals surface area contributed by atoms with Crippen molar-refractivity contribution in [3.63, 3.8) is 0 Å². The third-order valence-corrected chi connectivity index (χ3v) is 6.98. The van der Waals surface area contributed by atoms with Gasteiger partial charge in [-0.15, -0.1) is 5.54 Å². The Bertz CT molecular complexity index is 1080. The molecule has 9 nitrogen and oxygen atoms in total. The van der Waals surface area contributed by atoms with E-state index in [4.69, 9.17) is 14.2 Å². The first-order valence-electron chi connectivity index (χ1n) is 10.7. The molecule has 2 fully saturated rings. The zero-order valence-electron chi connectivity index (χ0n) is 19.2. The first kappa shape index (κ1) is 23.0. The molecular weight excluding hydrogens is 444 g/mol. The van der Waals surface area contributed by atoms with Gasteiger partial charge in [-0.25, -0.2) is 0 Å². The lowest BCUT2D eigenvalue weighted by molar-refractivity contribution is -0.385. The molecule has 3 aliphatic heterocycles. The fraction of sp³-hybridized carbons (Fsp3) is 0.478. The summed E-state index contributed by atoms with van der Waals surface area (Å²) >= 11 is 0. The van der Waals surface area contributed by atoms with E-state index in [1.807, 2.05) is 0 Å². The van der Waals surface area contributed by atoms with Gasteiger partial charge in [-0.2, -0.15) is 0 Å². The number of fused-ring (bicyclic) bond motifs is 5. The average Bonchev–Trinajstić information content (AvgIpc) is 3.43. The molecule has 0 aromatic heterocycles. The largest absolute Gasteiger partial charge is 0.493 e. The Morgan fingerprint density at radius 1 is 1.15 bits per heavy atom. The van der Waals surface area contributed by atoms with E-state index in [0.29, 0.717) is 0 Å². The van der Waals surface area contributed by atoms with Crippen LogP contribution in [-0.4, -0.2) is 55.6 Å². The molecule has 4 rings (SSSR count). The molecule has 5 unspecified atom stereocenters. The van der Waals surface area contributed by atoms with Gasteiger partial charge >= 0.3 is 0 Å². The van der Waals surface area contributed by atoms with Gasteiger partial charge < -0.3 is 14.2 Å². The number of ether oxygens (including phenoxy) is 3. The number of hydrogen-bond acceptors (Lipinski definition) is 7. The molecule has 2 amide bonds. The topological polar surface area (TPSA) is 108 Å². The summed E-state index contributed by atoms with van der Waals surface area (Å²) < 4.78 is 16.7. The fourth-order valence-electron chi connectivity index (χ4n) is 4.59. The van der Waals surface area contributed by atoms with E-state index in [1.165, 1.54) is 19.2 Å². The van der Waals surface area contributed by atoms with Crippen molar-refractivity contribution in [1.82, 2.24) is 4.90 Å². The van der Waals surface area contributed by atoms with Gasteiger partial charge in [-0.3, -0.25) is 24.6 Å². The molecular formula is C23H26N2O7Si. The van der Waals surface area contributed by atoms with Gasteiger partial charge in [0.2, 0.25) is 11.8 Å². The van der Waals surface area contributed by atoms with Crippen LogP contribution in [0.3, 0.4) is 0 Å². The molecule has 0 spiro atoms. The van der Waals surface area contributed by atoms with Crippen LogP contribution >= 0.6 is 0 Å². The summed E-state index contributed by atoms with van der Waals surface area (Å²) in [5.74, 6) is 1.49. The quantitative estimate of drug-likeness (QED) is 0.157. The minimum absolute atomic E-state index is 0.0644. The molecule has 1 aromatic rings. The second-order valence-corrected chi connectivity index (χ2v) is 14.1. The lowest BCUT2D eigenvalue weighted by Crippen LogP contribution is -2.36. The van der Waals surface area contributed by atoms with Crippen LogP contribution in [0.4, 0.5) is 5.69 Å². The maximum Gasteiger partial charge on any atom is 0.278 e. The van der Waals surface area contributed by atoms with E-state index < -0.39 is 43.1 Å². The van der Waals surface area contributed by atoms with Gasteiger partial charge in [0.1, 0.15) is 14.7 Å².